The van der Waals surface area contributed by atoms with Gasteiger partial charge in [-0.1, -0.05) is 194 Å². The molecule has 0 aliphatic carbocycles. The zero-order valence-corrected chi connectivity index (χ0v) is 35.4. The zero-order valence-electron chi connectivity index (χ0n) is 31.9. The van der Waals surface area contributed by atoms with Crippen LogP contribution in [0.5, 0.6) is 0 Å². The summed E-state index contributed by atoms with van der Waals surface area (Å²) in [5, 5.41) is 6.91. The summed E-state index contributed by atoms with van der Waals surface area (Å²) in [5.74, 6) is 4.58. The Hall–Kier alpha value is -5.26. The van der Waals surface area contributed by atoms with E-state index in [-0.39, 0.29) is 0 Å². The highest BCUT2D eigenvalue weighted by atomic mass is 31.2. The number of rotatable bonds is 13. The maximum Gasteiger partial charge on any atom is 0.208 e. The van der Waals surface area contributed by atoms with Gasteiger partial charge in [-0.05, 0) is 81.3 Å². The van der Waals surface area contributed by atoms with Gasteiger partial charge in [0.05, 0.1) is 0 Å². The molecule has 0 aliphatic rings. The van der Waals surface area contributed by atoms with Crippen molar-refractivity contribution >= 4 is 82.7 Å². The molecule has 0 spiro atoms. The zero-order chi connectivity index (χ0) is 39.7. The summed E-state index contributed by atoms with van der Waals surface area (Å²) in [6, 6.07) is 80.6. The molecule has 58 heavy (non-hydrogen) atoms. The van der Waals surface area contributed by atoms with Crippen LogP contribution in [0.3, 0.4) is 0 Å². The first-order valence-corrected chi connectivity index (χ1v) is 26.3. The Kier molecular flexibility index (Phi) is 12.1. The van der Waals surface area contributed by atoms with Crippen LogP contribution < -0.4 is 52.2 Å². The van der Waals surface area contributed by atoms with Crippen LogP contribution in [0.2, 0.25) is 0 Å². The fraction of sp³-hybridized carbons (Fsp3) is 0. The Morgan fingerprint density at radius 1 is 0.241 bits per heavy atom. The summed E-state index contributed by atoms with van der Waals surface area (Å²) >= 11 is 0. The Bertz CT molecular complexity index is 2400. The predicted octanol–water partition coefficient (Wildman–Crippen LogP) is 8.80. The normalized spacial score (nSPS) is 12.1. The third-order valence-electron chi connectivity index (χ3n) is 10.2. The van der Waals surface area contributed by atoms with E-state index in [1.54, 1.807) is 0 Å². The lowest BCUT2D eigenvalue weighted by Crippen LogP contribution is -2.36. The van der Waals surface area contributed by atoms with Gasteiger partial charge in [-0.25, -0.2) is 9.72 Å². The van der Waals surface area contributed by atoms with Crippen molar-refractivity contribution in [2.24, 2.45) is 0 Å². The first-order chi connectivity index (χ1) is 28.5. The van der Waals surface area contributed by atoms with Crippen molar-refractivity contribution in [3.05, 3.63) is 243 Å². The van der Waals surface area contributed by atoms with Gasteiger partial charge in [0.25, 0.3) is 0 Å². The van der Waals surface area contributed by atoms with Crippen molar-refractivity contribution in [3.63, 3.8) is 0 Å². The second kappa shape index (κ2) is 17.7. The van der Waals surface area contributed by atoms with Gasteiger partial charge in [0.1, 0.15) is 0 Å². The monoisotopic (exact) mass is 828 g/mol. The summed E-state index contributed by atoms with van der Waals surface area (Å²) < 4.78 is 32.5. The molecule has 0 fully saturated rings. The molecule has 0 saturated heterocycles. The molecule has 0 unspecified atom stereocenters. The lowest BCUT2D eigenvalue weighted by atomic mass is 10.4. The van der Waals surface area contributed by atoms with Crippen molar-refractivity contribution < 1.29 is 9.13 Å². The van der Waals surface area contributed by atoms with Gasteiger partial charge in [-0.15, -0.1) is 0 Å². The van der Waals surface area contributed by atoms with Crippen molar-refractivity contribution in [3.8, 4) is 0 Å². The van der Waals surface area contributed by atoms with E-state index in [9.17, 15) is 0 Å². The first kappa shape index (κ1) is 39.6. The Morgan fingerprint density at radius 2 is 0.397 bits per heavy atom. The highest BCUT2D eigenvalue weighted by Crippen LogP contribution is 2.56. The predicted molar refractivity (Wildman–Crippen MR) is 256 cm³/mol. The Morgan fingerprint density at radius 3 is 0.569 bits per heavy atom. The van der Waals surface area contributed by atoms with Gasteiger partial charge in [0.15, 0.2) is 0 Å². The van der Waals surface area contributed by atoms with Crippen LogP contribution in [0.25, 0.3) is 0 Å². The molecule has 0 atom stereocenters. The van der Waals surface area contributed by atoms with Crippen LogP contribution >= 0.6 is 28.7 Å². The van der Waals surface area contributed by atoms with Crippen LogP contribution in [0, 0.1) is 0 Å². The van der Waals surface area contributed by atoms with Crippen molar-refractivity contribution in [2.45, 2.75) is 0 Å². The third kappa shape index (κ3) is 7.94. The molecule has 8 heteroatoms. The number of nitrogens with one attached hydrogen (secondary N) is 2. The Balaban J connectivity index is 1.53. The van der Waals surface area contributed by atoms with Gasteiger partial charge < -0.3 is 0 Å². The van der Waals surface area contributed by atoms with Gasteiger partial charge in [-0.2, -0.15) is 0 Å². The molecule has 2 N–H and O–H groups in total. The molecular weight excluding hydrogens is 784 g/mol. The van der Waals surface area contributed by atoms with E-state index in [1.165, 1.54) is 0 Å². The summed E-state index contributed by atoms with van der Waals surface area (Å²) in [5.41, 5.74) is 0. The molecule has 8 aromatic rings. The van der Waals surface area contributed by atoms with E-state index in [0.717, 1.165) is 21.2 Å². The number of hydrogen-bond acceptors (Lipinski definition) is 2. The molecule has 0 aliphatic heterocycles. The lowest BCUT2D eigenvalue weighted by Gasteiger charge is -2.36. The van der Waals surface area contributed by atoms with Crippen LogP contribution in [-0.2, 0) is 9.13 Å². The van der Waals surface area contributed by atoms with Crippen LogP contribution in [-0.4, -0.2) is 11.6 Å². The minimum absolute atomic E-state index is 0.716. The molecule has 0 amide bonds. The van der Waals surface area contributed by atoms with E-state index in [2.05, 4.69) is 69.8 Å². The maximum absolute atomic E-state index is 16.3. The molecule has 0 heterocycles. The standard InChI is InChI=1S/C50H44N2O2P4/c53-57(47-33-17-5-18-34-47,48-35-19-6-20-36-48)51-55(43-25-9-1-10-26-43,44-27-11-2-12-28-44)41-42-56(45-29-13-3-14-30-45,46-31-15-4-16-32-46)52-58(54,49-37-21-7-22-38-49)50-39-23-8-24-40-50/h1-42H,(H,51,53)(H,52,54). The van der Waals surface area contributed by atoms with Crippen molar-refractivity contribution in [1.82, 2.24) is 9.72 Å². The van der Waals surface area contributed by atoms with Crippen molar-refractivity contribution in [2.75, 3.05) is 0 Å². The second-order valence-electron chi connectivity index (χ2n) is 13.8. The molecular formula is C50H44N2O2P4. The highest BCUT2D eigenvalue weighted by molar-refractivity contribution is 8.01. The molecule has 4 nitrogen and oxygen atoms in total. The van der Waals surface area contributed by atoms with E-state index < -0.39 is 28.7 Å². The van der Waals surface area contributed by atoms with Crippen LogP contribution in [0.4, 0.5) is 0 Å². The summed E-state index contributed by atoms with van der Waals surface area (Å²) in [6.07, 6.45) is 0. The van der Waals surface area contributed by atoms with Gasteiger partial charge in [0, 0.05) is 35.3 Å². The molecule has 286 valence electrons. The summed E-state index contributed by atoms with van der Waals surface area (Å²) in [4.78, 5) is 8.02. The molecule has 8 rings (SSSR count). The van der Waals surface area contributed by atoms with E-state index in [0.29, 0.717) is 21.2 Å². The molecule has 0 radical (unpaired) electrons. The minimum Gasteiger partial charge on any atom is -0.296 e. The average Bonchev–Trinajstić information content (AvgIpc) is 3.32. The maximum atomic E-state index is 16.3. The quantitative estimate of drug-likeness (QED) is 0.114. The van der Waals surface area contributed by atoms with Crippen molar-refractivity contribution in [1.29, 1.82) is 0 Å². The van der Waals surface area contributed by atoms with Gasteiger partial charge in [-0.3, -0.25) is 9.13 Å². The highest BCUT2D eigenvalue weighted by Gasteiger charge is 2.38. The number of benzene rings is 8. The van der Waals surface area contributed by atoms with E-state index in [1.807, 2.05) is 194 Å². The molecule has 0 saturated carbocycles. The summed E-state index contributed by atoms with van der Waals surface area (Å²) in [7, 11) is -13.1. The van der Waals surface area contributed by atoms with E-state index >= 15 is 9.13 Å². The molecule has 0 aromatic heterocycles. The first-order valence-electron chi connectivity index (χ1n) is 19.2. The molecule has 8 aromatic carbocycles. The topological polar surface area (TPSA) is 58.2 Å². The van der Waals surface area contributed by atoms with E-state index in [4.69, 9.17) is 0 Å². The Labute approximate surface area is 342 Å². The summed E-state index contributed by atoms with van der Waals surface area (Å²) in [6.45, 7) is 0. The van der Waals surface area contributed by atoms with Gasteiger partial charge in [0.2, 0.25) is 14.6 Å². The SMILES string of the molecule is O=P(NP(=CC=P(NP(=O)(c1ccccc1)c1ccccc1)(c1ccccc1)c1ccccc1)(c1ccccc1)c1ccccc1)(c1ccccc1)c1ccccc1. The lowest BCUT2D eigenvalue weighted by molar-refractivity contribution is 0.585. The van der Waals surface area contributed by atoms with Gasteiger partial charge >= 0.3 is 0 Å². The van der Waals surface area contributed by atoms with Crippen LogP contribution in [0.1, 0.15) is 0 Å². The third-order valence-corrected chi connectivity index (χ3v) is 25.0. The fourth-order valence-corrected chi connectivity index (χ4v) is 23.5. The molecule has 0 bridgehead atoms. The smallest absolute Gasteiger partial charge is 0.208 e. The average molecular weight is 829 g/mol. The number of hydrogen-bond donors (Lipinski definition) is 2. The fourth-order valence-electron chi connectivity index (χ4n) is 7.32. The minimum atomic E-state index is -3.55. The largest absolute Gasteiger partial charge is 0.296 e. The second-order valence-corrected chi connectivity index (χ2v) is 25.5. The van der Waals surface area contributed by atoms with Crippen LogP contribution in [0.15, 0.2) is 243 Å².